The molecule has 0 radical (unpaired) electrons. The summed E-state index contributed by atoms with van der Waals surface area (Å²) in [5, 5.41) is 14.3. The second-order valence-corrected chi connectivity index (χ2v) is 7.07. The number of hydrogen-bond donors (Lipinski definition) is 2. The molecule has 0 unspecified atom stereocenters. The second-order valence-electron chi connectivity index (χ2n) is 6.67. The number of phenolic OH excluding ortho intramolecular Hbond substituents is 1. The molecule has 120 valence electrons. The lowest BCUT2D eigenvalue weighted by Crippen LogP contribution is -2.40. The van der Waals surface area contributed by atoms with E-state index in [0.717, 1.165) is 30.6 Å². The van der Waals surface area contributed by atoms with Gasteiger partial charge in [0.25, 0.3) is 0 Å². The molecule has 0 bridgehead atoms. The van der Waals surface area contributed by atoms with Gasteiger partial charge in [-0.3, -0.25) is 4.79 Å². The first kappa shape index (κ1) is 15.9. The van der Waals surface area contributed by atoms with Gasteiger partial charge in [0.2, 0.25) is 5.91 Å². The first-order valence-electron chi connectivity index (χ1n) is 7.59. The summed E-state index contributed by atoms with van der Waals surface area (Å²) in [6, 6.07) is 3.37. The van der Waals surface area contributed by atoms with E-state index < -0.39 is 0 Å². The van der Waals surface area contributed by atoms with Crippen LogP contribution in [0.25, 0.3) is 0 Å². The van der Waals surface area contributed by atoms with Crippen LogP contribution in [0, 0.1) is 5.41 Å². The van der Waals surface area contributed by atoms with E-state index in [0.29, 0.717) is 18.0 Å². The van der Waals surface area contributed by atoms with Gasteiger partial charge in [-0.1, -0.05) is 11.6 Å². The number of aromatic hydroxyl groups is 1. The van der Waals surface area contributed by atoms with Crippen LogP contribution in [0.4, 0.5) is 0 Å². The molecule has 22 heavy (non-hydrogen) atoms. The van der Waals surface area contributed by atoms with Crippen molar-refractivity contribution in [2.24, 2.45) is 5.41 Å². The molecule has 1 saturated carbocycles. The topological polar surface area (TPSA) is 52.6 Å². The van der Waals surface area contributed by atoms with E-state index in [9.17, 15) is 9.90 Å². The Morgan fingerprint density at radius 3 is 2.86 bits per heavy atom. The molecule has 6 heteroatoms. The number of rotatable bonds is 2. The summed E-state index contributed by atoms with van der Waals surface area (Å²) in [6.07, 6.45) is 3.88. The Bertz CT molecular complexity index is 616. The lowest BCUT2D eigenvalue weighted by atomic mass is 9.93. The van der Waals surface area contributed by atoms with Gasteiger partial charge in [0.15, 0.2) is 0 Å². The fourth-order valence-corrected chi connectivity index (χ4v) is 4.04. The van der Waals surface area contributed by atoms with Crippen molar-refractivity contribution < 1.29 is 9.90 Å². The van der Waals surface area contributed by atoms with Gasteiger partial charge >= 0.3 is 0 Å². The molecule has 1 aromatic rings. The molecule has 2 fully saturated rings. The predicted octanol–water partition coefficient (Wildman–Crippen LogP) is 2.67. The largest absolute Gasteiger partial charge is 0.508 e. The lowest BCUT2D eigenvalue weighted by molar-refractivity contribution is -0.128. The summed E-state index contributed by atoms with van der Waals surface area (Å²) in [4.78, 5) is 14.1. The van der Waals surface area contributed by atoms with Crippen LogP contribution >= 0.6 is 24.0 Å². The van der Waals surface area contributed by atoms with Gasteiger partial charge in [-0.25, -0.2) is 0 Å². The van der Waals surface area contributed by atoms with Crippen molar-refractivity contribution in [3.63, 3.8) is 0 Å². The van der Waals surface area contributed by atoms with Crippen LogP contribution in [0.15, 0.2) is 12.1 Å². The number of likely N-dealkylation sites (tertiary alicyclic amines) is 1. The molecule has 1 spiro atoms. The minimum Gasteiger partial charge on any atom is -0.508 e. The number of fused-ring (bicyclic) bond motifs is 1. The average molecular weight is 343 g/mol. The first-order valence-corrected chi connectivity index (χ1v) is 7.97. The molecule has 2 aliphatic heterocycles. The number of carbonyl (C=O) groups is 1. The highest BCUT2D eigenvalue weighted by Crippen LogP contribution is 2.53. The van der Waals surface area contributed by atoms with E-state index in [1.807, 2.05) is 4.90 Å². The monoisotopic (exact) mass is 342 g/mol. The standard InChI is InChI=1S/C16H19ClN2O2.ClH/c17-11-1-2-13(20)15-10(11)3-6-18-12(15)8-19-9-16(4-5-16)7-14(19)21;/h1-2,12,18,20H,3-9H2;1H/t12-;/m1./s1. The fraction of sp³-hybridized carbons (Fsp3) is 0.562. The predicted molar refractivity (Wildman–Crippen MR) is 87.7 cm³/mol. The van der Waals surface area contributed by atoms with E-state index in [1.165, 1.54) is 12.8 Å². The second kappa shape index (κ2) is 5.59. The zero-order chi connectivity index (χ0) is 14.6. The van der Waals surface area contributed by atoms with Crippen LogP contribution in [-0.4, -0.2) is 35.5 Å². The molecule has 4 nitrogen and oxygen atoms in total. The SMILES string of the molecule is Cl.O=C1CC2(CC2)CN1C[C@H]1NCCc2c(Cl)ccc(O)c21. The molecule has 1 aromatic carbocycles. The zero-order valence-corrected chi connectivity index (χ0v) is 13.8. The summed E-state index contributed by atoms with van der Waals surface area (Å²) in [7, 11) is 0. The summed E-state index contributed by atoms with van der Waals surface area (Å²) in [5.41, 5.74) is 2.18. The minimum absolute atomic E-state index is 0. The van der Waals surface area contributed by atoms with Crippen LogP contribution in [-0.2, 0) is 11.2 Å². The highest BCUT2D eigenvalue weighted by Gasteiger charge is 2.51. The Balaban J connectivity index is 0.00000144. The summed E-state index contributed by atoms with van der Waals surface area (Å²) in [5.74, 6) is 0.530. The van der Waals surface area contributed by atoms with Crippen molar-refractivity contribution in [2.45, 2.75) is 31.7 Å². The van der Waals surface area contributed by atoms with Crippen molar-refractivity contribution in [2.75, 3.05) is 19.6 Å². The quantitative estimate of drug-likeness (QED) is 0.868. The maximum atomic E-state index is 12.2. The lowest BCUT2D eigenvalue weighted by Gasteiger charge is -2.31. The number of halogens is 2. The zero-order valence-electron chi connectivity index (χ0n) is 12.3. The Morgan fingerprint density at radius 2 is 2.18 bits per heavy atom. The third-order valence-electron chi connectivity index (χ3n) is 5.16. The third-order valence-corrected chi connectivity index (χ3v) is 5.51. The van der Waals surface area contributed by atoms with Crippen molar-refractivity contribution >= 4 is 29.9 Å². The number of benzene rings is 1. The number of nitrogens with one attached hydrogen (secondary N) is 1. The fourth-order valence-electron chi connectivity index (χ4n) is 3.78. The van der Waals surface area contributed by atoms with E-state index >= 15 is 0 Å². The number of nitrogens with zero attached hydrogens (tertiary/aromatic N) is 1. The summed E-state index contributed by atoms with van der Waals surface area (Å²) in [6.45, 7) is 2.33. The molecule has 1 saturated heterocycles. The highest BCUT2D eigenvalue weighted by molar-refractivity contribution is 6.31. The normalized spacial score (nSPS) is 25.0. The van der Waals surface area contributed by atoms with E-state index in [2.05, 4.69) is 5.32 Å². The van der Waals surface area contributed by atoms with Gasteiger partial charge < -0.3 is 15.3 Å². The van der Waals surface area contributed by atoms with Crippen LogP contribution in [0.1, 0.15) is 36.4 Å². The van der Waals surface area contributed by atoms with E-state index in [1.54, 1.807) is 12.1 Å². The van der Waals surface area contributed by atoms with Crippen molar-refractivity contribution in [3.05, 3.63) is 28.3 Å². The molecule has 2 N–H and O–H groups in total. The van der Waals surface area contributed by atoms with Crippen LogP contribution in [0.2, 0.25) is 5.02 Å². The molecule has 0 aromatic heterocycles. The number of carbonyl (C=O) groups excluding carboxylic acids is 1. The Kier molecular flexibility index (Phi) is 4.04. The van der Waals surface area contributed by atoms with Gasteiger partial charge in [-0.2, -0.15) is 0 Å². The van der Waals surface area contributed by atoms with Crippen LogP contribution < -0.4 is 5.32 Å². The third kappa shape index (κ3) is 2.57. The van der Waals surface area contributed by atoms with Crippen molar-refractivity contribution in [1.29, 1.82) is 0 Å². The van der Waals surface area contributed by atoms with E-state index in [4.69, 9.17) is 11.6 Å². The molecule has 1 aliphatic carbocycles. The molecular weight excluding hydrogens is 323 g/mol. The van der Waals surface area contributed by atoms with Crippen molar-refractivity contribution in [3.8, 4) is 5.75 Å². The number of phenols is 1. The van der Waals surface area contributed by atoms with Crippen LogP contribution in [0.5, 0.6) is 5.75 Å². The van der Waals surface area contributed by atoms with Gasteiger partial charge in [0.1, 0.15) is 5.75 Å². The Morgan fingerprint density at radius 1 is 1.41 bits per heavy atom. The molecule has 1 amide bonds. The minimum atomic E-state index is -0.0229. The summed E-state index contributed by atoms with van der Waals surface area (Å²) >= 11 is 6.26. The maximum Gasteiger partial charge on any atom is 0.223 e. The van der Waals surface area contributed by atoms with Gasteiger partial charge in [0.05, 0.1) is 6.04 Å². The van der Waals surface area contributed by atoms with Gasteiger partial charge in [0, 0.05) is 30.1 Å². The first-order chi connectivity index (χ1) is 10.1. The number of hydrogen-bond acceptors (Lipinski definition) is 3. The molecular formula is C16H20Cl2N2O2. The Hall–Kier alpha value is -0.970. The highest BCUT2D eigenvalue weighted by atomic mass is 35.5. The molecule has 4 rings (SSSR count). The van der Waals surface area contributed by atoms with Gasteiger partial charge in [-0.05, 0) is 48.9 Å². The maximum absolute atomic E-state index is 12.2. The Labute approximate surface area is 141 Å². The molecule has 1 atom stereocenters. The average Bonchev–Trinajstić information content (AvgIpc) is 3.14. The van der Waals surface area contributed by atoms with E-state index in [-0.39, 0.29) is 35.5 Å². The van der Waals surface area contributed by atoms with Crippen LogP contribution in [0.3, 0.4) is 0 Å². The number of amides is 1. The smallest absolute Gasteiger partial charge is 0.223 e. The summed E-state index contributed by atoms with van der Waals surface area (Å²) < 4.78 is 0. The van der Waals surface area contributed by atoms with Crippen molar-refractivity contribution in [1.82, 2.24) is 10.2 Å². The molecule has 2 heterocycles. The van der Waals surface area contributed by atoms with Gasteiger partial charge in [-0.15, -0.1) is 12.4 Å². The molecule has 3 aliphatic rings.